The lowest BCUT2D eigenvalue weighted by Gasteiger charge is -2.12. The third kappa shape index (κ3) is 5.66. The fourth-order valence-electron chi connectivity index (χ4n) is 1.77. The smallest absolute Gasteiger partial charge is 0.331 e. The Labute approximate surface area is 146 Å². The first-order chi connectivity index (χ1) is 11.4. The van der Waals surface area contributed by atoms with Crippen LogP contribution in [0.5, 0.6) is 0 Å². The summed E-state index contributed by atoms with van der Waals surface area (Å²) in [6.07, 6.45) is 1.66. The standard InChI is InChI=1S/C17H15BrFNO4/c1-11(17(22)20-10-12-2-4-13(19)5-3-12)23-16(21)9-7-14-6-8-15(18)24-14/h2-9,11H,10H2,1H3,(H,20,22)/b9-7+. The van der Waals surface area contributed by atoms with E-state index >= 15 is 0 Å². The summed E-state index contributed by atoms with van der Waals surface area (Å²) in [5, 5.41) is 2.61. The fraction of sp³-hybridized carbons (Fsp3) is 0.176. The first-order valence-corrected chi connectivity index (χ1v) is 7.89. The summed E-state index contributed by atoms with van der Waals surface area (Å²) in [7, 11) is 0. The van der Waals surface area contributed by atoms with Crippen LogP contribution in [0.25, 0.3) is 6.08 Å². The van der Waals surface area contributed by atoms with Crippen LogP contribution in [0, 0.1) is 5.82 Å². The van der Waals surface area contributed by atoms with Gasteiger partial charge in [0.1, 0.15) is 11.6 Å². The maximum absolute atomic E-state index is 12.8. The molecule has 1 aromatic heterocycles. The molecule has 126 valence electrons. The number of hydrogen-bond acceptors (Lipinski definition) is 4. The van der Waals surface area contributed by atoms with E-state index in [1.54, 1.807) is 24.3 Å². The molecule has 1 N–H and O–H groups in total. The molecule has 24 heavy (non-hydrogen) atoms. The average molecular weight is 396 g/mol. The summed E-state index contributed by atoms with van der Waals surface area (Å²) in [6.45, 7) is 1.69. The quantitative estimate of drug-likeness (QED) is 0.600. The van der Waals surface area contributed by atoms with Gasteiger partial charge in [-0.3, -0.25) is 4.79 Å². The first-order valence-electron chi connectivity index (χ1n) is 7.10. The second-order valence-electron chi connectivity index (χ2n) is 4.90. The highest BCUT2D eigenvalue weighted by Crippen LogP contribution is 2.15. The highest BCUT2D eigenvalue weighted by Gasteiger charge is 2.16. The van der Waals surface area contributed by atoms with E-state index in [0.717, 1.165) is 5.56 Å². The molecule has 1 aromatic carbocycles. The van der Waals surface area contributed by atoms with Crippen molar-refractivity contribution in [3.8, 4) is 0 Å². The highest BCUT2D eigenvalue weighted by molar-refractivity contribution is 9.10. The third-order valence-electron chi connectivity index (χ3n) is 3.02. The molecule has 0 bridgehead atoms. The van der Waals surface area contributed by atoms with Crippen molar-refractivity contribution in [3.05, 3.63) is 64.3 Å². The average Bonchev–Trinajstić information content (AvgIpc) is 2.97. The molecule has 0 saturated heterocycles. The molecule has 0 radical (unpaired) electrons. The Kier molecular flexibility index (Phi) is 6.31. The van der Waals surface area contributed by atoms with Gasteiger partial charge >= 0.3 is 5.97 Å². The number of halogens is 2. The van der Waals surface area contributed by atoms with Crippen LogP contribution in [0.4, 0.5) is 4.39 Å². The Hall–Kier alpha value is -2.41. The molecule has 0 fully saturated rings. The summed E-state index contributed by atoms with van der Waals surface area (Å²) in [4.78, 5) is 23.6. The monoisotopic (exact) mass is 395 g/mol. The van der Waals surface area contributed by atoms with Gasteiger partial charge < -0.3 is 14.5 Å². The predicted octanol–water partition coefficient (Wildman–Crippen LogP) is 3.44. The zero-order valence-corrected chi connectivity index (χ0v) is 14.4. The van der Waals surface area contributed by atoms with E-state index in [1.807, 2.05) is 0 Å². The summed E-state index contributed by atoms with van der Waals surface area (Å²) < 4.78 is 23.5. The predicted molar refractivity (Wildman–Crippen MR) is 89.2 cm³/mol. The van der Waals surface area contributed by atoms with E-state index < -0.39 is 18.0 Å². The van der Waals surface area contributed by atoms with Crippen LogP contribution in [0.3, 0.4) is 0 Å². The minimum Gasteiger partial charge on any atom is -0.450 e. The second kappa shape index (κ2) is 8.44. The number of esters is 1. The van der Waals surface area contributed by atoms with Crippen LogP contribution in [0.2, 0.25) is 0 Å². The van der Waals surface area contributed by atoms with Crippen molar-refractivity contribution < 1.29 is 23.1 Å². The number of amides is 1. The molecule has 1 unspecified atom stereocenters. The molecule has 7 heteroatoms. The molecule has 2 rings (SSSR count). The van der Waals surface area contributed by atoms with Crippen LogP contribution < -0.4 is 5.32 Å². The SMILES string of the molecule is CC(OC(=O)/C=C/c1ccc(Br)o1)C(=O)NCc1ccc(F)cc1. The topological polar surface area (TPSA) is 68.5 Å². The van der Waals surface area contributed by atoms with Crippen molar-refractivity contribution in [2.75, 3.05) is 0 Å². The van der Waals surface area contributed by atoms with E-state index in [4.69, 9.17) is 9.15 Å². The minimum atomic E-state index is -0.953. The van der Waals surface area contributed by atoms with Crippen LogP contribution in [0.15, 0.2) is 51.6 Å². The van der Waals surface area contributed by atoms with Gasteiger partial charge in [0.05, 0.1) is 0 Å². The molecular weight excluding hydrogens is 381 g/mol. The number of furan rings is 1. The van der Waals surface area contributed by atoms with Gasteiger partial charge in [0.2, 0.25) is 0 Å². The second-order valence-corrected chi connectivity index (χ2v) is 5.68. The lowest BCUT2D eigenvalue weighted by molar-refractivity contribution is -0.150. The third-order valence-corrected chi connectivity index (χ3v) is 3.45. The van der Waals surface area contributed by atoms with Gasteiger partial charge in [0.15, 0.2) is 10.8 Å². The summed E-state index contributed by atoms with van der Waals surface area (Å²) in [5.41, 5.74) is 0.742. The van der Waals surface area contributed by atoms with Gasteiger partial charge in [-0.25, -0.2) is 9.18 Å². The number of carbonyl (C=O) groups is 2. The lowest BCUT2D eigenvalue weighted by Crippen LogP contribution is -2.35. The van der Waals surface area contributed by atoms with Gasteiger partial charge in [-0.1, -0.05) is 12.1 Å². The zero-order chi connectivity index (χ0) is 17.5. The van der Waals surface area contributed by atoms with Crippen molar-refractivity contribution in [2.45, 2.75) is 19.6 Å². The lowest BCUT2D eigenvalue weighted by atomic mass is 10.2. The molecule has 1 heterocycles. The largest absolute Gasteiger partial charge is 0.450 e. The van der Waals surface area contributed by atoms with Crippen LogP contribution in [-0.2, 0) is 20.9 Å². The van der Waals surface area contributed by atoms with Crippen LogP contribution in [-0.4, -0.2) is 18.0 Å². The number of ether oxygens (including phenoxy) is 1. The first kappa shape index (κ1) is 17.9. The van der Waals surface area contributed by atoms with Crippen molar-refractivity contribution in [2.24, 2.45) is 0 Å². The van der Waals surface area contributed by atoms with E-state index in [-0.39, 0.29) is 12.4 Å². The molecule has 1 amide bonds. The van der Waals surface area contributed by atoms with Gasteiger partial charge in [0, 0.05) is 12.6 Å². The van der Waals surface area contributed by atoms with E-state index in [0.29, 0.717) is 10.4 Å². The fourth-order valence-corrected chi connectivity index (χ4v) is 2.09. The number of hydrogen-bond donors (Lipinski definition) is 1. The normalized spacial score (nSPS) is 12.1. The van der Waals surface area contributed by atoms with Gasteiger partial charge in [-0.15, -0.1) is 0 Å². The van der Waals surface area contributed by atoms with Crippen molar-refractivity contribution >= 4 is 33.9 Å². The van der Waals surface area contributed by atoms with Crippen molar-refractivity contribution in [1.29, 1.82) is 0 Å². The van der Waals surface area contributed by atoms with Crippen molar-refractivity contribution in [3.63, 3.8) is 0 Å². The molecule has 0 aliphatic carbocycles. The van der Waals surface area contributed by atoms with E-state index in [2.05, 4.69) is 21.2 Å². The van der Waals surface area contributed by atoms with Gasteiger partial charge in [-0.05, 0) is 58.8 Å². The molecule has 2 aromatic rings. The van der Waals surface area contributed by atoms with Crippen LogP contribution in [0.1, 0.15) is 18.2 Å². The Balaban J connectivity index is 1.79. The number of carbonyl (C=O) groups excluding carboxylic acids is 2. The highest BCUT2D eigenvalue weighted by atomic mass is 79.9. The zero-order valence-electron chi connectivity index (χ0n) is 12.8. The Morgan fingerprint density at radius 1 is 1.29 bits per heavy atom. The Morgan fingerprint density at radius 3 is 2.62 bits per heavy atom. The number of rotatable bonds is 6. The molecule has 5 nitrogen and oxygen atoms in total. The van der Waals surface area contributed by atoms with Crippen LogP contribution >= 0.6 is 15.9 Å². The van der Waals surface area contributed by atoms with Gasteiger partial charge in [-0.2, -0.15) is 0 Å². The minimum absolute atomic E-state index is 0.220. The maximum Gasteiger partial charge on any atom is 0.331 e. The molecule has 1 atom stereocenters. The molecular formula is C17H15BrFNO4. The van der Waals surface area contributed by atoms with E-state index in [1.165, 1.54) is 31.2 Å². The van der Waals surface area contributed by atoms with Crippen molar-refractivity contribution in [1.82, 2.24) is 5.32 Å². The molecule has 0 aliphatic rings. The summed E-state index contributed by atoms with van der Waals surface area (Å²) in [5.74, 6) is -0.969. The van der Waals surface area contributed by atoms with Gasteiger partial charge in [0.25, 0.3) is 5.91 Å². The summed E-state index contributed by atoms with van der Waals surface area (Å²) >= 11 is 3.15. The van der Waals surface area contributed by atoms with E-state index in [9.17, 15) is 14.0 Å². The number of benzene rings is 1. The summed E-state index contributed by atoms with van der Waals surface area (Å²) in [6, 6.07) is 9.11. The Bertz CT molecular complexity index is 739. The number of nitrogens with one attached hydrogen (secondary N) is 1. The maximum atomic E-state index is 12.8. The molecule has 0 spiro atoms. The molecule has 0 saturated carbocycles. The molecule has 0 aliphatic heterocycles. The Morgan fingerprint density at radius 2 is 2.00 bits per heavy atom.